The highest BCUT2D eigenvalue weighted by atomic mass is 19.1. The molecule has 78 valence electrons. The minimum Gasteiger partial charge on any atom is -0.256 e. The second kappa shape index (κ2) is 4.11. The first-order valence-electron chi connectivity index (χ1n) is 4.59. The van der Waals surface area contributed by atoms with E-state index in [1.165, 1.54) is 18.3 Å². The minimum atomic E-state index is -0.651. The lowest BCUT2D eigenvalue weighted by Crippen LogP contribution is -1.90. The first kappa shape index (κ1) is 10.3. The van der Waals surface area contributed by atoms with Crippen molar-refractivity contribution in [2.45, 2.75) is 0 Å². The standard InChI is InChI=1S/C13H7F2N/c1-2-9-5-6-16-13(7-9)11-4-3-10(14)8-12(11)15/h1,3-8H. The van der Waals surface area contributed by atoms with Crippen LogP contribution in [0.4, 0.5) is 8.78 Å². The fourth-order valence-electron chi connectivity index (χ4n) is 1.36. The third-order valence-corrected chi connectivity index (χ3v) is 2.13. The molecule has 0 amide bonds. The highest BCUT2D eigenvalue weighted by Gasteiger charge is 2.07. The van der Waals surface area contributed by atoms with Gasteiger partial charge in [0.25, 0.3) is 0 Å². The van der Waals surface area contributed by atoms with E-state index < -0.39 is 11.6 Å². The van der Waals surface area contributed by atoms with Crippen LogP contribution in [0.25, 0.3) is 11.3 Å². The molecule has 0 radical (unpaired) electrons. The first-order valence-corrected chi connectivity index (χ1v) is 4.59. The molecule has 2 aromatic rings. The molecule has 0 fully saturated rings. The zero-order valence-corrected chi connectivity index (χ0v) is 8.24. The zero-order chi connectivity index (χ0) is 11.5. The van der Waals surface area contributed by atoms with Crippen molar-refractivity contribution in [1.82, 2.24) is 4.98 Å². The predicted octanol–water partition coefficient (Wildman–Crippen LogP) is 3.01. The van der Waals surface area contributed by atoms with E-state index in [1.54, 1.807) is 12.1 Å². The Balaban J connectivity index is 2.55. The van der Waals surface area contributed by atoms with E-state index in [0.29, 0.717) is 11.3 Å². The number of pyridine rings is 1. The number of hydrogen-bond donors (Lipinski definition) is 0. The van der Waals surface area contributed by atoms with Crippen LogP contribution in [0.5, 0.6) is 0 Å². The highest BCUT2D eigenvalue weighted by molar-refractivity contribution is 5.61. The summed E-state index contributed by atoms with van der Waals surface area (Å²) >= 11 is 0. The average molecular weight is 215 g/mol. The highest BCUT2D eigenvalue weighted by Crippen LogP contribution is 2.21. The molecule has 16 heavy (non-hydrogen) atoms. The summed E-state index contributed by atoms with van der Waals surface area (Å²) < 4.78 is 26.2. The van der Waals surface area contributed by atoms with Gasteiger partial charge in [-0.15, -0.1) is 6.42 Å². The van der Waals surface area contributed by atoms with Gasteiger partial charge in [-0.25, -0.2) is 8.78 Å². The molecule has 1 aromatic carbocycles. The van der Waals surface area contributed by atoms with Crippen LogP contribution in [0.3, 0.4) is 0 Å². The molecule has 0 unspecified atom stereocenters. The van der Waals surface area contributed by atoms with Gasteiger partial charge >= 0.3 is 0 Å². The van der Waals surface area contributed by atoms with Crippen LogP contribution in [0, 0.1) is 24.0 Å². The summed E-state index contributed by atoms with van der Waals surface area (Å²) in [5.41, 5.74) is 1.24. The summed E-state index contributed by atoms with van der Waals surface area (Å²) in [7, 11) is 0. The van der Waals surface area contributed by atoms with Crippen molar-refractivity contribution in [3.05, 3.63) is 53.7 Å². The third kappa shape index (κ3) is 1.91. The monoisotopic (exact) mass is 215 g/mol. The van der Waals surface area contributed by atoms with Gasteiger partial charge in [-0.05, 0) is 24.3 Å². The van der Waals surface area contributed by atoms with Gasteiger partial charge < -0.3 is 0 Å². The molecule has 0 aliphatic carbocycles. The van der Waals surface area contributed by atoms with E-state index in [-0.39, 0.29) is 5.56 Å². The number of terminal acetylenes is 1. The molecule has 0 saturated heterocycles. The van der Waals surface area contributed by atoms with Gasteiger partial charge in [0.05, 0.1) is 5.69 Å². The average Bonchev–Trinajstić information content (AvgIpc) is 2.29. The molecule has 0 bridgehead atoms. The maximum Gasteiger partial charge on any atom is 0.135 e. The van der Waals surface area contributed by atoms with Gasteiger partial charge in [-0.3, -0.25) is 4.98 Å². The molecular weight excluding hydrogens is 208 g/mol. The number of hydrogen-bond acceptors (Lipinski definition) is 1. The largest absolute Gasteiger partial charge is 0.256 e. The summed E-state index contributed by atoms with van der Waals surface area (Å²) in [6.07, 6.45) is 6.72. The molecule has 0 atom stereocenters. The van der Waals surface area contributed by atoms with Crippen molar-refractivity contribution in [3.63, 3.8) is 0 Å². The lowest BCUT2D eigenvalue weighted by molar-refractivity contribution is 0.585. The quantitative estimate of drug-likeness (QED) is 0.666. The van der Waals surface area contributed by atoms with Crippen molar-refractivity contribution < 1.29 is 8.78 Å². The van der Waals surface area contributed by atoms with Gasteiger partial charge in [0, 0.05) is 23.4 Å². The lowest BCUT2D eigenvalue weighted by Gasteiger charge is -2.02. The maximum absolute atomic E-state index is 13.4. The Bertz CT molecular complexity index is 570. The molecule has 0 N–H and O–H groups in total. The van der Waals surface area contributed by atoms with Crippen molar-refractivity contribution in [2.75, 3.05) is 0 Å². The normalized spacial score (nSPS) is 9.81. The van der Waals surface area contributed by atoms with Crippen LogP contribution in [0.2, 0.25) is 0 Å². The Hall–Kier alpha value is -2.21. The van der Waals surface area contributed by atoms with Crippen LogP contribution in [-0.4, -0.2) is 4.98 Å². The van der Waals surface area contributed by atoms with Crippen LogP contribution in [0.1, 0.15) is 5.56 Å². The van der Waals surface area contributed by atoms with E-state index in [4.69, 9.17) is 6.42 Å². The molecule has 1 aromatic heterocycles. The van der Waals surface area contributed by atoms with Gasteiger partial charge in [-0.2, -0.15) is 0 Å². The second-order valence-electron chi connectivity index (χ2n) is 3.20. The van der Waals surface area contributed by atoms with Gasteiger partial charge in [0.1, 0.15) is 11.6 Å². The van der Waals surface area contributed by atoms with Gasteiger partial charge in [-0.1, -0.05) is 5.92 Å². The van der Waals surface area contributed by atoms with Crippen LogP contribution in [0.15, 0.2) is 36.5 Å². The van der Waals surface area contributed by atoms with Crippen LogP contribution in [-0.2, 0) is 0 Å². The van der Waals surface area contributed by atoms with E-state index in [2.05, 4.69) is 10.9 Å². The summed E-state index contributed by atoms with van der Waals surface area (Å²) in [5.74, 6) is 1.16. The summed E-state index contributed by atoms with van der Waals surface area (Å²) in [6, 6.07) is 6.57. The van der Waals surface area contributed by atoms with E-state index in [9.17, 15) is 8.78 Å². The maximum atomic E-state index is 13.4. The molecule has 0 spiro atoms. The Morgan fingerprint density at radius 2 is 1.94 bits per heavy atom. The number of nitrogens with zero attached hydrogens (tertiary/aromatic N) is 1. The van der Waals surface area contributed by atoms with E-state index >= 15 is 0 Å². The van der Waals surface area contributed by atoms with Crippen molar-refractivity contribution in [1.29, 1.82) is 0 Å². The summed E-state index contributed by atoms with van der Waals surface area (Å²) in [4.78, 5) is 3.99. The molecule has 0 aliphatic heterocycles. The lowest BCUT2D eigenvalue weighted by atomic mass is 10.1. The summed E-state index contributed by atoms with van der Waals surface area (Å²) in [5, 5.41) is 0. The molecule has 1 nitrogen and oxygen atoms in total. The second-order valence-corrected chi connectivity index (χ2v) is 3.20. The molecule has 3 heteroatoms. The van der Waals surface area contributed by atoms with Crippen LogP contribution >= 0.6 is 0 Å². The fourth-order valence-corrected chi connectivity index (χ4v) is 1.36. The van der Waals surface area contributed by atoms with Gasteiger partial charge in [0.15, 0.2) is 0 Å². The molecule has 0 saturated carbocycles. The number of aromatic nitrogens is 1. The number of benzene rings is 1. The topological polar surface area (TPSA) is 12.9 Å². The van der Waals surface area contributed by atoms with E-state index in [1.807, 2.05) is 0 Å². The molecular formula is C13H7F2N. The molecule has 0 aliphatic rings. The number of halogens is 2. The summed E-state index contributed by atoms with van der Waals surface area (Å²) in [6.45, 7) is 0. The SMILES string of the molecule is C#Cc1ccnc(-c2ccc(F)cc2F)c1. The Kier molecular flexibility index (Phi) is 2.65. The predicted molar refractivity (Wildman–Crippen MR) is 57.5 cm³/mol. The van der Waals surface area contributed by atoms with Crippen LogP contribution < -0.4 is 0 Å². The molecule has 2 rings (SSSR count). The van der Waals surface area contributed by atoms with Crippen molar-refractivity contribution in [2.24, 2.45) is 0 Å². The minimum absolute atomic E-state index is 0.235. The Morgan fingerprint density at radius 1 is 1.12 bits per heavy atom. The Labute approximate surface area is 91.8 Å². The smallest absolute Gasteiger partial charge is 0.135 e. The number of rotatable bonds is 1. The third-order valence-electron chi connectivity index (χ3n) is 2.13. The zero-order valence-electron chi connectivity index (χ0n) is 8.24. The van der Waals surface area contributed by atoms with Gasteiger partial charge in [0.2, 0.25) is 0 Å². The first-order chi connectivity index (χ1) is 7.70. The van der Waals surface area contributed by atoms with Crippen molar-refractivity contribution >= 4 is 0 Å². The Morgan fingerprint density at radius 3 is 2.62 bits per heavy atom. The fraction of sp³-hybridized carbons (Fsp3) is 0. The van der Waals surface area contributed by atoms with E-state index in [0.717, 1.165) is 6.07 Å². The molecule has 1 heterocycles. The van der Waals surface area contributed by atoms with Crippen molar-refractivity contribution in [3.8, 4) is 23.6 Å².